The predicted octanol–water partition coefficient (Wildman–Crippen LogP) is -5.79. The molecule has 2 aromatic rings. The van der Waals surface area contributed by atoms with Gasteiger partial charge in [-0.1, -0.05) is 84.3 Å². The summed E-state index contributed by atoms with van der Waals surface area (Å²) in [4.78, 5) is 168. The fourth-order valence-electron chi connectivity index (χ4n) is 9.54. The van der Waals surface area contributed by atoms with Crippen LogP contribution >= 0.6 is 21.6 Å². The number of nitrogens with one attached hydrogen (secondary N) is 9. The zero-order valence-electron chi connectivity index (χ0n) is 51.6. The number of benzene rings is 2. The van der Waals surface area contributed by atoms with Crippen molar-refractivity contribution in [2.45, 2.75) is 139 Å². The number of guanidine groups is 3. The zero-order valence-corrected chi connectivity index (χ0v) is 53.2. The predicted molar refractivity (Wildman–Crippen MR) is 347 cm³/mol. The van der Waals surface area contributed by atoms with Gasteiger partial charge in [-0.2, -0.15) is 0 Å². The smallest absolute Gasteiger partial charge is 0.245 e. The molecule has 0 unspecified atom stereocenters. The van der Waals surface area contributed by atoms with Gasteiger partial charge in [0.05, 0.1) is 19.1 Å². The van der Waals surface area contributed by atoms with E-state index in [4.69, 9.17) is 45.9 Å². The first-order valence-electron chi connectivity index (χ1n) is 30.0. The first-order valence-corrected chi connectivity index (χ1v) is 32.5. The van der Waals surface area contributed by atoms with Crippen LogP contribution in [0.15, 0.2) is 69.6 Å². The molecule has 2 aliphatic rings. The van der Waals surface area contributed by atoms with Crippen molar-refractivity contribution in [3.8, 4) is 5.75 Å². The van der Waals surface area contributed by atoms with E-state index in [-0.39, 0.29) is 119 Å². The second-order valence-corrected chi connectivity index (χ2v) is 24.5. The van der Waals surface area contributed by atoms with Crippen LogP contribution in [0.3, 0.4) is 0 Å². The van der Waals surface area contributed by atoms with Gasteiger partial charge in [-0.15, -0.1) is 0 Å². The van der Waals surface area contributed by atoms with Crippen molar-refractivity contribution < 1.29 is 57.8 Å². The summed E-state index contributed by atoms with van der Waals surface area (Å²) in [5.41, 5.74) is 46.6. The van der Waals surface area contributed by atoms with Crippen LogP contribution in [0, 0.1) is 5.92 Å². The van der Waals surface area contributed by atoms with Gasteiger partial charge in [0.2, 0.25) is 65.0 Å². The summed E-state index contributed by atoms with van der Waals surface area (Å²) in [6, 6.07) is 2.47. The van der Waals surface area contributed by atoms with Crippen LogP contribution in [-0.2, 0) is 65.6 Å². The molecule has 0 bridgehead atoms. The fourth-order valence-corrected chi connectivity index (χ4v) is 11.9. The number of phenolic OH excluding ortho intramolecular Hbond substituents is 1. The summed E-state index contributed by atoms with van der Waals surface area (Å²) in [5.74, 6) is -10.8. The van der Waals surface area contributed by atoms with E-state index < -0.39 is 138 Å². The molecule has 35 heteroatoms. The molecule has 26 N–H and O–H groups in total. The molecule has 10 atom stereocenters. The van der Waals surface area contributed by atoms with E-state index in [1.807, 2.05) is 0 Å². The molecule has 33 nitrogen and oxygen atoms in total. The molecule has 2 aromatic carbocycles. The highest BCUT2D eigenvalue weighted by atomic mass is 33.1. The highest BCUT2D eigenvalue weighted by Crippen LogP contribution is 2.25. The van der Waals surface area contributed by atoms with Gasteiger partial charge in [-0.05, 0) is 87.0 Å². The molecule has 0 radical (unpaired) electrons. The molecule has 92 heavy (non-hydrogen) atoms. The summed E-state index contributed by atoms with van der Waals surface area (Å²) in [6.07, 6.45) is 0.895. The van der Waals surface area contributed by atoms with Gasteiger partial charge in [0.1, 0.15) is 54.1 Å². The van der Waals surface area contributed by atoms with E-state index >= 15 is 0 Å². The number of hydrogen-bond acceptors (Lipinski definition) is 18. The summed E-state index contributed by atoms with van der Waals surface area (Å²) < 4.78 is 0. The molecule has 0 spiro atoms. The third-order valence-corrected chi connectivity index (χ3v) is 17.1. The molecule has 0 aliphatic carbocycles. The average Bonchev–Trinajstić information content (AvgIpc) is 1.62. The molecular weight excluding hydrogens is 1230 g/mol. The summed E-state index contributed by atoms with van der Waals surface area (Å²) in [6.45, 7) is 2.36. The van der Waals surface area contributed by atoms with E-state index in [2.05, 4.69) is 62.8 Å². The van der Waals surface area contributed by atoms with Crippen molar-refractivity contribution in [2.75, 3.05) is 50.8 Å². The maximum Gasteiger partial charge on any atom is 0.245 e. The Labute approximate surface area is 540 Å². The van der Waals surface area contributed by atoms with Crippen molar-refractivity contribution in [1.29, 1.82) is 0 Å². The number of carbonyl (C=O) groups is 11. The topological polar surface area (TPSA) is 565 Å². The van der Waals surface area contributed by atoms with Crippen molar-refractivity contribution in [3.05, 3.63) is 65.7 Å². The van der Waals surface area contributed by atoms with Gasteiger partial charge in [0, 0.05) is 44.1 Å². The van der Waals surface area contributed by atoms with Crippen LogP contribution in [-0.4, -0.2) is 198 Å². The molecular formula is C57H89N21O12S2. The van der Waals surface area contributed by atoms with Gasteiger partial charge in [-0.3, -0.25) is 67.7 Å². The lowest BCUT2D eigenvalue weighted by molar-refractivity contribution is -0.142. The maximum absolute atomic E-state index is 14.8. The van der Waals surface area contributed by atoms with Crippen LogP contribution < -0.4 is 93.7 Å². The minimum atomic E-state index is -1.56. The third-order valence-electron chi connectivity index (χ3n) is 14.7. The normalized spacial score (nSPS) is 21.3. The van der Waals surface area contributed by atoms with Crippen LogP contribution in [0.4, 0.5) is 0 Å². The quantitative estimate of drug-likeness (QED) is 0.0171. The molecule has 0 saturated carbocycles. The summed E-state index contributed by atoms with van der Waals surface area (Å²) in [5, 5.41) is 33.2. The highest BCUT2D eigenvalue weighted by Gasteiger charge is 2.41. The van der Waals surface area contributed by atoms with Crippen molar-refractivity contribution >= 4 is 104 Å². The Morgan fingerprint density at radius 1 is 0.630 bits per heavy atom. The van der Waals surface area contributed by atoms with E-state index in [1.165, 1.54) is 17.0 Å². The maximum atomic E-state index is 14.8. The fraction of sp³-hybridized carbons (Fsp3) is 0.544. The number of phenols is 1. The number of nitrogens with zero attached hydrogens (tertiary/aromatic N) is 4. The summed E-state index contributed by atoms with van der Waals surface area (Å²) >= 11 is 0. The Kier molecular flexibility index (Phi) is 32.1. The van der Waals surface area contributed by atoms with E-state index in [0.29, 0.717) is 24.0 Å². The lowest BCUT2D eigenvalue weighted by Gasteiger charge is -2.32. The van der Waals surface area contributed by atoms with Crippen molar-refractivity contribution in [1.82, 2.24) is 52.8 Å². The summed E-state index contributed by atoms with van der Waals surface area (Å²) in [7, 11) is 1.93. The van der Waals surface area contributed by atoms with Gasteiger partial charge in [-0.25, -0.2) is 0 Å². The molecule has 2 aliphatic heterocycles. The number of amides is 11. The Morgan fingerprint density at radius 3 is 1.74 bits per heavy atom. The third kappa shape index (κ3) is 26.8. The number of nitrogens with two attached hydrogens (primary N) is 8. The molecule has 4 rings (SSSR count). The number of aliphatic imine (C=N–C) groups is 3. The number of fused-ring (bicyclic) bond motifs is 1. The van der Waals surface area contributed by atoms with Crippen molar-refractivity contribution in [3.63, 3.8) is 0 Å². The minimum absolute atomic E-state index is 0.00647. The lowest BCUT2D eigenvalue weighted by atomic mass is 9.96. The van der Waals surface area contributed by atoms with Gasteiger partial charge in [0.25, 0.3) is 0 Å². The number of carbonyl (C=O) groups excluding carboxylic acids is 11. The van der Waals surface area contributed by atoms with Crippen molar-refractivity contribution in [2.24, 2.45) is 66.8 Å². The Morgan fingerprint density at radius 2 is 1.16 bits per heavy atom. The first-order chi connectivity index (χ1) is 43.8. The second-order valence-electron chi connectivity index (χ2n) is 22.0. The molecule has 506 valence electrons. The van der Waals surface area contributed by atoms with Gasteiger partial charge in [0.15, 0.2) is 17.9 Å². The largest absolute Gasteiger partial charge is 0.508 e. The minimum Gasteiger partial charge on any atom is -0.508 e. The van der Waals surface area contributed by atoms with Crippen LogP contribution in [0.2, 0.25) is 0 Å². The molecule has 11 amide bonds. The first kappa shape index (κ1) is 75.3. The number of rotatable bonds is 27. The highest BCUT2D eigenvalue weighted by molar-refractivity contribution is 8.76. The Hall–Kier alpha value is -9.12. The van der Waals surface area contributed by atoms with Crippen LogP contribution in [0.25, 0.3) is 0 Å². The second kappa shape index (κ2) is 39.2. The van der Waals surface area contributed by atoms with Gasteiger partial charge < -0.3 is 104 Å². The molecule has 0 aromatic heterocycles. The SMILES string of the molecule is CC[C@H](C)[C@@H]1NC(=O)[C@H](CCCN=C(N)N)NC(=O)[C@H](CCCN=C(N)N)NC(=O)[C@H](NC(=O)[C@H](Cc2ccccc2)NC(=O)CNC(=O)CNC(=O)[C@@H](N)Cc2ccc(O)cc2)CSSC[C@H](C(N)=O)NC(=O)[C@@H]2CCCN2C(=O)[C@H](CCCN=C(N)N)NC1=O. The average molecular weight is 1320 g/mol. The Bertz CT molecular complexity index is 2930. The van der Waals surface area contributed by atoms with E-state index in [9.17, 15) is 57.8 Å². The lowest BCUT2D eigenvalue weighted by Crippen LogP contribution is -2.61. The standard InChI is InChI=1S/C57H89N21O12S2/c1-3-31(2)45-53(89)74-38(15-9-23-68-57(64)65)54(90)78-24-10-16-42(78)52(88)75-40(46(59)82)29-91-92-30-41(51(87)73-36(13-7-21-66-55(60)61)48(84)72-37(49(85)77-45)14-8-22-67-56(62)63)76-50(86)39(26-32-11-5-4-6-12-32)71-44(81)28-69-43(80)27-70-47(83)35(58)25-33-17-19-34(79)20-18-33/h4-6,11-12,17-20,31,35-42,45,79H,3,7-10,13-16,21-30,58H2,1-2H3,(H2,59,82)(H,69,80)(H,70,83)(H,71,81)(H,72,84)(H,73,87)(H,74,89)(H,75,88)(H,76,86)(H,77,85)(H4,60,61,66)(H4,62,63,67)(H4,64,65,68)/t31-,35-,36-,37-,38-,39-,40+,41+,42-,45-/m0/s1. The van der Waals surface area contributed by atoms with Crippen LogP contribution in [0.5, 0.6) is 5.75 Å². The molecule has 2 saturated heterocycles. The number of primary amides is 1. The Balaban J connectivity index is 1.73. The van der Waals surface area contributed by atoms with E-state index in [0.717, 1.165) is 21.6 Å². The number of aromatic hydroxyl groups is 1. The number of hydrogen-bond donors (Lipinski definition) is 18. The van der Waals surface area contributed by atoms with Gasteiger partial charge >= 0.3 is 0 Å². The van der Waals surface area contributed by atoms with E-state index in [1.54, 1.807) is 56.3 Å². The van der Waals surface area contributed by atoms with Crippen LogP contribution in [0.1, 0.15) is 82.8 Å². The zero-order chi connectivity index (χ0) is 67.9. The molecule has 2 fully saturated rings. The monoisotopic (exact) mass is 1320 g/mol. The molecule has 2 heterocycles.